The van der Waals surface area contributed by atoms with Crippen LogP contribution in [0.2, 0.25) is 0 Å². The van der Waals surface area contributed by atoms with Crippen LogP contribution < -0.4 is 0 Å². The second kappa shape index (κ2) is 7.64. The summed E-state index contributed by atoms with van der Waals surface area (Å²) in [6, 6.07) is 8.68. The third-order valence-electron chi connectivity index (χ3n) is 5.63. The molecule has 1 aliphatic rings. The first kappa shape index (κ1) is 17.9. The first-order valence-electron chi connectivity index (χ1n) is 9.74. The fourth-order valence-corrected chi connectivity index (χ4v) is 4.03. The molecule has 6 nitrogen and oxygen atoms in total. The number of likely N-dealkylation sites (tertiary alicyclic amines) is 1. The highest BCUT2D eigenvalue weighted by Crippen LogP contribution is 2.27. The molecule has 0 spiro atoms. The SMILES string of the molecule is Cc1ccc(C)c(CN2CCC[C@H](c3nnc(Cn4cccn4)n3C)C2)c1. The van der Waals surface area contributed by atoms with Crippen molar-refractivity contribution in [3.8, 4) is 0 Å². The lowest BCUT2D eigenvalue weighted by Gasteiger charge is -2.32. The molecule has 1 fully saturated rings. The van der Waals surface area contributed by atoms with Crippen molar-refractivity contribution in [2.45, 2.75) is 45.7 Å². The van der Waals surface area contributed by atoms with Gasteiger partial charge in [0.15, 0.2) is 5.82 Å². The second-order valence-electron chi connectivity index (χ2n) is 7.74. The van der Waals surface area contributed by atoms with Gasteiger partial charge in [-0.05, 0) is 50.4 Å². The van der Waals surface area contributed by atoms with Gasteiger partial charge in [-0.25, -0.2) is 0 Å². The van der Waals surface area contributed by atoms with Gasteiger partial charge in [-0.1, -0.05) is 23.8 Å². The molecular formula is C21H28N6. The summed E-state index contributed by atoms with van der Waals surface area (Å²) in [5.41, 5.74) is 4.15. The van der Waals surface area contributed by atoms with Crippen molar-refractivity contribution in [1.82, 2.24) is 29.4 Å². The van der Waals surface area contributed by atoms with Crippen molar-refractivity contribution in [2.75, 3.05) is 13.1 Å². The van der Waals surface area contributed by atoms with E-state index in [1.165, 1.54) is 29.5 Å². The van der Waals surface area contributed by atoms with Gasteiger partial charge in [-0.2, -0.15) is 5.10 Å². The Labute approximate surface area is 160 Å². The Morgan fingerprint density at radius 2 is 2.04 bits per heavy atom. The van der Waals surface area contributed by atoms with E-state index < -0.39 is 0 Å². The molecule has 0 bridgehead atoms. The van der Waals surface area contributed by atoms with Crippen molar-refractivity contribution >= 4 is 0 Å². The molecule has 2 aromatic heterocycles. The Bertz CT molecular complexity index is 896. The summed E-state index contributed by atoms with van der Waals surface area (Å²) < 4.78 is 4.05. The number of rotatable bonds is 5. The van der Waals surface area contributed by atoms with E-state index in [0.717, 1.165) is 31.3 Å². The fourth-order valence-electron chi connectivity index (χ4n) is 4.03. The Kier molecular flexibility index (Phi) is 5.07. The lowest BCUT2D eigenvalue weighted by molar-refractivity contribution is 0.194. The van der Waals surface area contributed by atoms with Crippen LogP contribution in [-0.2, 0) is 20.1 Å². The van der Waals surface area contributed by atoms with E-state index in [-0.39, 0.29) is 0 Å². The average molecular weight is 364 g/mol. The van der Waals surface area contributed by atoms with Crippen LogP contribution in [0.25, 0.3) is 0 Å². The summed E-state index contributed by atoms with van der Waals surface area (Å²) >= 11 is 0. The van der Waals surface area contributed by atoms with Crippen LogP contribution in [0.1, 0.15) is 47.1 Å². The van der Waals surface area contributed by atoms with E-state index in [0.29, 0.717) is 12.5 Å². The van der Waals surface area contributed by atoms with E-state index in [1.807, 2.05) is 16.9 Å². The molecule has 0 unspecified atom stereocenters. The summed E-state index contributed by atoms with van der Waals surface area (Å²) in [6.07, 6.45) is 6.14. The number of piperidine rings is 1. The molecule has 3 aromatic rings. The van der Waals surface area contributed by atoms with Gasteiger partial charge in [0.2, 0.25) is 0 Å². The largest absolute Gasteiger partial charge is 0.316 e. The highest BCUT2D eigenvalue weighted by Gasteiger charge is 2.26. The van der Waals surface area contributed by atoms with E-state index in [1.54, 1.807) is 6.20 Å². The summed E-state index contributed by atoms with van der Waals surface area (Å²) in [6.45, 7) is 8.25. The molecule has 0 amide bonds. The van der Waals surface area contributed by atoms with Crippen molar-refractivity contribution in [3.63, 3.8) is 0 Å². The minimum absolute atomic E-state index is 0.438. The van der Waals surface area contributed by atoms with E-state index in [2.05, 4.69) is 63.9 Å². The monoisotopic (exact) mass is 364 g/mol. The lowest BCUT2D eigenvalue weighted by Crippen LogP contribution is -2.35. The first-order valence-corrected chi connectivity index (χ1v) is 9.74. The van der Waals surface area contributed by atoms with Crippen LogP contribution in [0.4, 0.5) is 0 Å². The minimum Gasteiger partial charge on any atom is -0.316 e. The highest BCUT2D eigenvalue weighted by molar-refractivity contribution is 5.30. The zero-order valence-electron chi connectivity index (χ0n) is 16.5. The van der Waals surface area contributed by atoms with Crippen LogP contribution in [-0.4, -0.2) is 42.5 Å². The van der Waals surface area contributed by atoms with Crippen molar-refractivity contribution in [1.29, 1.82) is 0 Å². The molecule has 0 N–H and O–H groups in total. The van der Waals surface area contributed by atoms with E-state index in [4.69, 9.17) is 0 Å². The van der Waals surface area contributed by atoms with Gasteiger partial charge in [-0.15, -0.1) is 10.2 Å². The molecule has 4 rings (SSSR count). The summed E-state index contributed by atoms with van der Waals surface area (Å²) in [5.74, 6) is 2.50. The predicted octanol–water partition coefficient (Wildman–Crippen LogP) is 3.06. The molecule has 3 heterocycles. The second-order valence-corrected chi connectivity index (χ2v) is 7.74. The maximum atomic E-state index is 4.54. The minimum atomic E-state index is 0.438. The Morgan fingerprint density at radius 1 is 1.15 bits per heavy atom. The Balaban J connectivity index is 1.47. The third kappa shape index (κ3) is 3.95. The van der Waals surface area contributed by atoms with Crippen molar-refractivity contribution < 1.29 is 0 Å². The topological polar surface area (TPSA) is 51.8 Å². The molecule has 1 aliphatic heterocycles. The zero-order chi connectivity index (χ0) is 18.8. The molecule has 1 atom stereocenters. The quantitative estimate of drug-likeness (QED) is 0.698. The normalized spacial score (nSPS) is 18.1. The van der Waals surface area contributed by atoms with Crippen LogP contribution in [0.15, 0.2) is 36.7 Å². The fraction of sp³-hybridized carbons (Fsp3) is 0.476. The van der Waals surface area contributed by atoms with Gasteiger partial charge in [0.1, 0.15) is 12.4 Å². The van der Waals surface area contributed by atoms with Gasteiger partial charge in [-0.3, -0.25) is 9.58 Å². The van der Waals surface area contributed by atoms with Gasteiger partial charge >= 0.3 is 0 Å². The average Bonchev–Trinajstić information content (AvgIpc) is 3.29. The molecule has 1 aromatic carbocycles. The van der Waals surface area contributed by atoms with Crippen molar-refractivity contribution in [2.24, 2.45) is 7.05 Å². The molecule has 142 valence electrons. The van der Waals surface area contributed by atoms with E-state index >= 15 is 0 Å². The summed E-state index contributed by atoms with van der Waals surface area (Å²) in [5, 5.41) is 13.2. The summed E-state index contributed by atoms with van der Waals surface area (Å²) in [4.78, 5) is 2.57. The lowest BCUT2D eigenvalue weighted by atomic mass is 9.96. The molecule has 0 aliphatic carbocycles. The maximum absolute atomic E-state index is 4.54. The molecule has 0 saturated carbocycles. The zero-order valence-corrected chi connectivity index (χ0v) is 16.5. The van der Waals surface area contributed by atoms with Crippen LogP contribution in [0.5, 0.6) is 0 Å². The smallest absolute Gasteiger partial charge is 0.154 e. The van der Waals surface area contributed by atoms with Crippen LogP contribution in [0, 0.1) is 13.8 Å². The summed E-state index contributed by atoms with van der Waals surface area (Å²) in [7, 11) is 2.08. The molecule has 1 saturated heterocycles. The Hall–Kier alpha value is -2.47. The number of hydrogen-bond donors (Lipinski definition) is 0. The molecule has 27 heavy (non-hydrogen) atoms. The number of benzene rings is 1. The van der Waals surface area contributed by atoms with Gasteiger partial charge in [0, 0.05) is 38.4 Å². The number of aromatic nitrogens is 5. The molecule has 0 radical (unpaired) electrons. The van der Waals surface area contributed by atoms with Crippen LogP contribution >= 0.6 is 0 Å². The molecule has 6 heteroatoms. The number of nitrogens with zero attached hydrogens (tertiary/aromatic N) is 6. The van der Waals surface area contributed by atoms with Crippen molar-refractivity contribution in [3.05, 3.63) is 65.0 Å². The highest BCUT2D eigenvalue weighted by atomic mass is 15.3. The number of hydrogen-bond acceptors (Lipinski definition) is 4. The third-order valence-corrected chi connectivity index (χ3v) is 5.63. The van der Waals surface area contributed by atoms with Gasteiger partial charge in [0.25, 0.3) is 0 Å². The predicted molar refractivity (Wildman–Crippen MR) is 106 cm³/mol. The van der Waals surface area contributed by atoms with Gasteiger partial charge < -0.3 is 4.57 Å². The Morgan fingerprint density at radius 3 is 2.85 bits per heavy atom. The van der Waals surface area contributed by atoms with E-state index in [9.17, 15) is 0 Å². The molecular weight excluding hydrogens is 336 g/mol. The first-order chi connectivity index (χ1) is 13.1. The van der Waals surface area contributed by atoms with Crippen LogP contribution in [0.3, 0.4) is 0 Å². The van der Waals surface area contributed by atoms with Gasteiger partial charge in [0.05, 0.1) is 0 Å². The standard InChI is InChI=1S/C21H28N6/c1-16-7-8-17(2)19(12-16)14-26-10-4-6-18(13-26)21-24-23-20(25(21)3)15-27-11-5-9-22-27/h5,7-9,11-12,18H,4,6,10,13-15H2,1-3H3/t18-/m0/s1. The maximum Gasteiger partial charge on any atom is 0.154 e. The number of aryl methyl sites for hydroxylation is 2.